The zero-order chi connectivity index (χ0) is 11.5. The van der Waals surface area contributed by atoms with Crippen molar-refractivity contribution in [2.24, 2.45) is 5.73 Å². The van der Waals surface area contributed by atoms with Crippen molar-refractivity contribution in [3.8, 4) is 0 Å². The zero-order valence-corrected chi connectivity index (χ0v) is 11.0. The van der Waals surface area contributed by atoms with Gasteiger partial charge >= 0.3 is 0 Å². The van der Waals surface area contributed by atoms with Crippen molar-refractivity contribution in [2.75, 3.05) is 13.6 Å². The average Bonchev–Trinajstić information content (AvgIpc) is 2.66. The number of hydrogen-bond donors (Lipinski definition) is 1. The van der Waals surface area contributed by atoms with E-state index in [9.17, 15) is 0 Å². The predicted molar refractivity (Wildman–Crippen MR) is 68.7 cm³/mol. The number of aromatic nitrogens is 1. The molecule has 2 N–H and O–H groups in total. The quantitative estimate of drug-likeness (QED) is 0.879. The van der Waals surface area contributed by atoms with Gasteiger partial charge in [-0.25, -0.2) is 4.98 Å². The maximum absolute atomic E-state index is 5.79. The molecule has 1 aromatic heterocycles. The maximum Gasteiger partial charge on any atom is 0.110 e. The SMILES string of the molecule is CC(N)Cc1csc(C2CCCCN2C)n1. The van der Waals surface area contributed by atoms with E-state index in [2.05, 4.69) is 17.3 Å². The highest BCUT2D eigenvalue weighted by molar-refractivity contribution is 7.09. The molecule has 1 fully saturated rings. The molecule has 2 atom stereocenters. The fourth-order valence-corrected chi connectivity index (χ4v) is 3.32. The maximum atomic E-state index is 5.79. The monoisotopic (exact) mass is 239 g/mol. The summed E-state index contributed by atoms with van der Waals surface area (Å²) in [6.45, 7) is 3.23. The van der Waals surface area contributed by atoms with Crippen LogP contribution >= 0.6 is 11.3 Å². The Labute approximate surface area is 102 Å². The van der Waals surface area contributed by atoms with Crippen molar-refractivity contribution in [1.82, 2.24) is 9.88 Å². The first-order chi connectivity index (χ1) is 7.66. The molecule has 1 aromatic rings. The Morgan fingerprint density at radius 3 is 3.12 bits per heavy atom. The summed E-state index contributed by atoms with van der Waals surface area (Å²) in [5.41, 5.74) is 6.95. The number of thiazole rings is 1. The van der Waals surface area contributed by atoms with E-state index in [4.69, 9.17) is 10.7 Å². The van der Waals surface area contributed by atoms with Gasteiger partial charge in [0.25, 0.3) is 0 Å². The molecule has 1 aliphatic heterocycles. The predicted octanol–water partition coefficient (Wildman–Crippen LogP) is 2.19. The number of piperidine rings is 1. The Morgan fingerprint density at radius 2 is 2.44 bits per heavy atom. The van der Waals surface area contributed by atoms with E-state index in [0.717, 1.165) is 12.1 Å². The van der Waals surface area contributed by atoms with Crippen LogP contribution in [0, 0.1) is 0 Å². The van der Waals surface area contributed by atoms with E-state index >= 15 is 0 Å². The van der Waals surface area contributed by atoms with E-state index in [0.29, 0.717) is 6.04 Å². The van der Waals surface area contributed by atoms with Crippen LogP contribution in [-0.2, 0) is 6.42 Å². The number of rotatable bonds is 3. The number of hydrogen-bond acceptors (Lipinski definition) is 4. The van der Waals surface area contributed by atoms with Crippen LogP contribution in [0.1, 0.15) is 42.9 Å². The van der Waals surface area contributed by atoms with Gasteiger partial charge in [-0.1, -0.05) is 6.42 Å². The van der Waals surface area contributed by atoms with E-state index < -0.39 is 0 Å². The summed E-state index contributed by atoms with van der Waals surface area (Å²) >= 11 is 1.79. The molecule has 2 heterocycles. The number of nitrogens with two attached hydrogens (primary N) is 1. The van der Waals surface area contributed by atoms with Crippen LogP contribution in [0.3, 0.4) is 0 Å². The largest absolute Gasteiger partial charge is 0.328 e. The minimum Gasteiger partial charge on any atom is -0.328 e. The molecule has 3 nitrogen and oxygen atoms in total. The van der Waals surface area contributed by atoms with Gasteiger partial charge in [0.15, 0.2) is 0 Å². The van der Waals surface area contributed by atoms with Gasteiger partial charge in [-0.15, -0.1) is 11.3 Å². The normalized spacial score (nSPS) is 24.6. The summed E-state index contributed by atoms with van der Waals surface area (Å²) in [5.74, 6) is 0. The molecule has 2 rings (SSSR count). The van der Waals surface area contributed by atoms with Crippen molar-refractivity contribution in [3.63, 3.8) is 0 Å². The van der Waals surface area contributed by atoms with Gasteiger partial charge < -0.3 is 5.73 Å². The van der Waals surface area contributed by atoms with Crippen LogP contribution in [0.2, 0.25) is 0 Å². The lowest BCUT2D eigenvalue weighted by Gasteiger charge is -2.30. The molecule has 1 aliphatic rings. The van der Waals surface area contributed by atoms with Crippen molar-refractivity contribution in [1.29, 1.82) is 0 Å². The second-order valence-corrected chi connectivity index (χ2v) is 5.74. The molecule has 90 valence electrons. The molecular formula is C12H21N3S. The van der Waals surface area contributed by atoms with Gasteiger partial charge in [0.05, 0.1) is 11.7 Å². The van der Waals surface area contributed by atoms with E-state index in [-0.39, 0.29) is 6.04 Å². The minimum absolute atomic E-state index is 0.207. The lowest BCUT2D eigenvalue weighted by atomic mass is 10.0. The minimum atomic E-state index is 0.207. The van der Waals surface area contributed by atoms with Gasteiger partial charge in [-0.2, -0.15) is 0 Å². The van der Waals surface area contributed by atoms with Crippen LogP contribution in [0.5, 0.6) is 0 Å². The van der Waals surface area contributed by atoms with Gasteiger partial charge in [-0.3, -0.25) is 4.90 Å². The highest BCUT2D eigenvalue weighted by Gasteiger charge is 2.23. The van der Waals surface area contributed by atoms with Gasteiger partial charge in [0.1, 0.15) is 5.01 Å². The lowest BCUT2D eigenvalue weighted by molar-refractivity contribution is 0.187. The summed E-state index contributed by atoms with van der Waals surface area (Å²) in [6, 6.07) is 0.750. The van der Waals surface area contributed by atoms with Crippen LogP contribution in [-0.4, -0.2) is 29.5 Å². The molecule has 0 amide bonds. The summed E-state index contributed by atoms with van der Waals surface area (Å²) < 4.78 is 0. The van der Waals surface area contributed by atoms with Crippen molar-refractivity contribution < 1.29 is 0 Å². The Morgan fingerprint density at radius 1 is 1.62 bits per heavy atom. The van der Waals surface area contributed by atoms with E-state index in [1.165, 1.54) is 30.8 Å². The summed E-state index contributed by atoms with van der Waals surface area (Å²) in [4.78, 5) is 7.15. The molecule has 0 spiro atoms. The first-order valence-corrected chi connectivity index (χ1v) is 6.95. The number of nitrogens with zero attached hydrogens (tertiary/aromatic N) is 2. The van der Waals surface area contributed by atoms with E-state index in [1.54, 1.807) is 11.3 Å². The molecule has 0 aliphatic carbocycles. The molecule has 2 unspecified atom stereocenters. The van der Waals surface area contributed by atoms with Crippen LogP contribution < -0.4 is 5.73 Å². The second kappa shape index (κ2) is 5.25. The third kappa shape index (κ3) is 2.81. The summed E-state index contributed by atoms with van der Waals surface area (Å²) in [5, 5.41) is 3.44. The molecule has 4 heteroatoms. The highest BCUT2D eigenvalue weighted by Crippen LogP contribution is 2.31. The molecule has 0 radical (unpaired) electrons. The molecule has 0 saturated carbocycles. The van der Waals surface area contributed by atoms with Gasteiger partial charge in [-0.05, 0) is 33.4 Å². The Kier molecular flexibility index (Phi) is 3.95. The first kappa shape index (κ1) is 12.0. The van der Waals surface area contributed by atoms with Crippen LogP contribution in [0.4, 0.5) is 0 Å². The van der Waals surface area contributed by atoms with Crippen LogP contribution in [0.25, 0.3) is 0 Å². The Hall–Kier alpha value is -0.450. The first-order valence-electron chi connectivity index (χ1n) is 6.07. The van der Waals surface area contributed by atoms with Crippen molar-refractivity contribution in [2.45, 2.75) is 44.7 Å². The molecule has 0 bridgehead atoms. The smallest absolute Gasteiger partial charge is 0.110 e. The third-order valence-electron chi connectivity index (χ3n) is 3.16. The Bertz CT molecular complexity index is 335. The standard InChI is InChI=1S/C12H21N3S/c1-9(13)7-10-8-16-12(14-10)11-5-3-4-6-15(11)2/h8-9,11H,3-7,13H2,1-2H3. The van der Waals surface area contributed by atoms with Crippen molar-refractivity contribution in [3.05, 3.63) is 16.1 Å². The van der Waals surface area contributed by atoms with Crippen LogP contribution in [0.15, 0.2) is 5.38 Å². The average molecular weight is 239 g/mol. The molecule has 0 aromatic carbocycles. The third-order valence-corrected chi connectivity index (χ3v) is 4.15. The molecule has 1 saturated heterocycles. The van der Waals surface area contributed by atoms with Crippen molar-refractivity contribution >= 4 is 11.3 Å². The fourth-order valence-electron chi connectivity index (χ4n) is 2.29. The Balaban J connectivity index is 2.05. The molecular weight excluding hydrogens is 218 g/mol. The fraction of sp³-hybridized carbons (Fsp3) is 0.750. The zero-order valence-electron chi connectivity index (χ0n) is 10.1. The van der Waals surface area contributed by atoms with E-state index in [1.807, 2.05) is 6.92 Å². The van der Waals surface area contributed by atoms with Gasteiger partial charge in [0, 0.05) is 17.8 Å². The number of likely N-dealkylation sites (tertiary alicyclic amines) is 1. The topological polar surface area (TPSA) is 42.1 Å². The van der Waals surface area contributed by atoms with Gasteiger partial charge in [0.2, 0.25) is 0 Å². The summed E-state index contributed by atoms with van der Waals surface area (Å²) in [6.07, 6.45) is 4.80. The second-order valence-electron chi connectivity index (χ2n) is 4.85. The lowest BCUT2D eigenvalue weighted by Crippen LogP contribution is -2.29. The molecule has 16 heavy (non-hydrogen) atoms. The highest BCUT2D eigenvalue weighted by atomic mass is 32.1. The summed E-state index contributed by atoms with van der Waals surface area (Å²) in [7, 11) is 2.20.